The Labute approximate surface area is 126 Å². The van der Waals surface area contributed by atoms with Gasteiger partial charge in [0.25, 0.3) is 0 Å². The first-order chi connectivity index (χ1) is 10.2. The lowest BCUT2D eigenvalue weighted by Gasteiger charge is -2.08. The second kappa shape index (κ2) is 5.65. The molecule has 0 saturated carbocycles. The first-order valence-electron chi connectivity index (χ1n) is 6.70. The standard InChI is InChI=1S/C15H15FN4S/c1-3-11-8-12-13(18-10-6-4-9(16)5-7-10)19-15(17-2)20-14(12)21-11/h4-8H,3H2,1-2H3,(H2,17,18,19,20). The predicted octanol–water partition coefficient (Wildman–Crippen LogP) is 4.18. The number of nitrogens with zero attached hydrogens (tertiary/aromatic N) is 2. The summed E-state index contributed by atoms with van der Waals surface area (Å²) in [6, 6.07) is 8.33. The molecule has 3 aromatic rings. The lowest BCUT2D eigenvalue weighted by Crippen LogP contribution is -2.00. The molecule has 0 fully saturated rings. The van der Waals surface area contributed by atoms with Gasteiger partial charge in [0.05, 0.1) is 5.39 Å². The fourth-order valence-corrected chi connectivity index (χ4v) is 2.99. The first kappa shape index (κ1) is 13.8. The van der Waals surface area contributed by atoms with Crippen LogP contribution in [0.4, 0.5) is 21.8 Å². The first-order valence-corrected chi connectivity index (χ1v) is 7.52. The number of nitrogens with one attached hydrogen (secondary N) is 2. The predicted molar refractivity (Wildman–Crippen MR) is 86.0 cm³/mol. The van der Waals surface area contributed by atoms with Gasteiger partial charge in [-0.15, -0.1) is 11.3 Å². The molecule has 21 heavy (non-hydrogen) atoms. The van der Waals surface area contributed by atoms with Crippen LogP contribution in [0, 0.1) is 5.82 Å². The SMILES string of the molecule is CCc1cc2c(Nc3ccc(F)cc3)nc(NC)nc2s1. The van der Waals surface area contributed by atoms with E-state index in [-0.39, 0.29) is 5.82 Å². The van der Waals surface area contributed by atoms with Gasteiger partial charge in [0, 0.05) is 17.6 Å². The van der Waals surface area contributed by atoms with Crippen molar-refractivity contribution in [1.82, 2.24) is 9.97 Å². The summed E-state index contributed by atoms with van der Waals surface area (Å²) >= 11 is 1.66. The van der Waals surface area contributed by atoms with Crippen molar-refractivity contribution in [2.45, 2.75) is 13.3 Å². The van der Waals surface area contributed by atoms with Gasteiger partial charge in [0.15, 0.2) is 0 Å². The largest absolute Gasteiger partial charge is 0.357 e. The summed E-state index contributed by atoms with van der Waals surface area (Å²) in [5, 5.41) is 7.19. The molecule has 0 unspecified atom stereocenters. The highest BCUT2D eigenvalue weighted by Gasteiger charge is 2.11. The molecule has 0 saturated heterocycles. The van der Waals surface area contributed by atoms with E-state index in [1.165, 1.54) is 17.0 Å². The summed E-state index contributed by atoms with van der Waals surface area (Å²) < 4.78 is 13.0. The summed E-state index contributed by atoms with van der Waals surface area (Å²) in [6.07, 6.45) is 0.964. The van der Waals surface area contributed by atoms with E-state index < -0.39 is 0 Å². The molecule has 0 aliphatic carbocycles. The quantitative estimate of drug-likeness (QED) is 0.759. The lowest BCUT2D eigenvalue weighted by atomic mass is 10.2. The van der Waals surface area contributed by atoms with Crippen LogP contribution in [0.5, 0.6) is 0 Å². The smallest absolute Gasteiger partial charge is 0.225 e. The van der Waals surface area contributed by atoms with E-state index >= 15 is 0 Å². The molecule has 2 aromatic heterocycles. The molecule has 0 aliphatic rings. The Kier molecular flexibility index (Phi) is 3.70. The van der Waals surface area contributed by atoms with Crippen LogP contribution in [0.3, 0.4) is 0 Å². The van der Waals surface area contributed by atoms with Crippen molar-refractivity contribution in [1.29, 1.82) is 0 Å². The average molecular weight is 302 g/mol. The van der Waals surface area contributed by atoms with Crippen LogP contribution < -0.4 is 10.6 Å². The molecule has 6 heteroatoms. The Bertz CT molecular complexity index is 767. The van der Waals surface area contributed by atoms with Crippen molar-refractivity contribution in [3.63, 3.8) is 0 Å². The minimum absolute atomic E-state index is 0.256. The van der Waals surface area contributed by atoms with Gasteiger partial charge >= 0.3 is 0 Å². The van der Waals surface area contributed by atoms with Crippen LogP contribution in [0.25, 0.3) is 10.2 Å². The molecule has 0 spiro atoms. The third-order valence-electron chi connectivity index (χ3n) is 3.12. The molecular formula is C15H15FN4S. The van der Waals surface area contributed by atoms with Gasteiger partial charge in [-0.2, -0.15) is 4.98 Å². The summed E-state index contributed by atoms with van der Waals surface area (Å²) in [5.41, 5.74) is 0.794. The fourth-order valence-electron chi connectivity index (χ4n) is 2.02. The van der Waals surface area contributed by atoms with E-state index in [4.69, 9.17) is 0 Å². The molecule has 0 radical (unpaired) electrons. The number of anilines is 3. The minimum atomic E-state index is -0.256. The number of fused-ring (bicyclic) bond motifs is 1. The van der Waals surface area contributed by atoms with E-state index in [0.717, 1.165) is 28.1 Å². The van der Waals surface area contributed by atoms with Crippen LogP contribution in [0.2, 0.25) is 0 Å². The maximum Gasteiger partial charge on any atom is 0.225 e. The average Bonchev–Trinajstić information content (AvgIpc) is 2.92. The number of benzene rings is 1. The molecule has 4 nitrogen and oxygen atoms in total. The molecule has 0 bridgehead atoms. The van der Waals surface area contributed by atoms with Gasteiger partial charge in [-0.25, -0.2) is 9.37 Å². The summed E-state index contributed by atoms with van der Waals surface area (Å²) in [7, 11) is 1.79. The molecule has 0 atom stereocenters. The van der Waals surface area contributed by atoms with Crippen LogP contribution in [0.1, 0.15) is 11.8 Å². The zero-order valence-electron chi connectivity index (χ0n) is 11.8. The highest BCUT2D eigenvalue weighted by Crippen LogP contribution is 2.31. The van der Waals surface area contributed by atoms with E-state index in [0.29, 0.717) is 5.95 Å². The Hall–Kier alpha value is -2.21. The Morgan fingerprint density at radius 2 is 1.95 bits per heavy atom. The van der Waals surface area contributed by atoms with Crippen molar-refractivity contribution in [2.24, 2.45) is 0 Å². The van der Waals surface area contributed by atoms with Gasteiger partial charge in [0.1, 0.15) is 16.5 Å². The lowest BCUT2D eigenvalue weighted by molar-refractivity contribution is 0.628. The molecular weight excluding hydrogens is 287 g/mol. The van der Waals surface area contributed by atoms with Crippen molar-refractivity contribution in [2.75, 3.05) is 17.7 Å². The fraction of sp³-hybridized carbons (Fsp3) is 0.200. The molecule has 2 N–H and O–H groups in total. The zero-order chi connectivity index (χ0) is 14.8. The number of thiophene rings is 1. The van der Waals surface area contributed by atoms with E-state index in [1.807, 2.05) is 0 Å². The van der Waals surface area contributed by atoms with Crippen molar-refractivity contribution < 1.29 is 4.39 Å². The summed E-state index contributed by atoms with van der Waals surface area (Å²) in [4.78, 5) is 11.1. The van der Waals surface area contributed by atoms with Gasteiger partial charge in [0.2, 0.25) is 5.95 Å². The molecule has 0 aliphatic heterocycles. The molecule has 108 valence electrons. The van der Waals surface area contributed by atoms with Crippen molar-refractivity contribution >= 4 is 39.0 Å². The van der Waals surface area contributed by atoms with Gasteiger partial charge in [-0.1, -0.05) is 6.92 Å². The molecule has 3 rings (SSSR count). The van der Waals surface area contributed by atoms with E-state index in [2.05, 4.69) is 33.6 Å². The topological polar surface area (TPSA) is 49.8 Å². The minimum Gasteiger partial charge on any atom is -0.357 e. The van der Waals surface area contributed by atoms with E-state index in [9.17, 15) is 4.39 Å². The third kappa shape index (κ3) is 2.80. The monoisotopic (exact) mass is 302 g/mol. The van der Waals surface area contributed by atoms with Crippen LogP contribution in [-0.2, 0) is 6.42 Å². The normalized spacial score (nSPS) is 10.8. The maximum absolute atomic E-state index is 13.0. The van der Waals surface area contributed by atoms with Crippen molar-refractivity contribution in [3.05, 3.63) is 41.0 Å². The highest BCUT2D eigenvalue weighted by atomic mass is 32.1. The Balaban J connectivity index is 2.06. The zero-order valence-corrected chi connectivity index (χ0v) is 12.6. The number of rotatable bonds is 4. The second-order valence-electron chi connectivity index (χ2n) is 4.56. The Morgan fingerprint density at radius 1 is 1.19 bits per heavy atom. The van der Waals surface area contributed by atoms with Gasteiger partial charge < -0.3 is 10.6 Å². The number of halogens is 1. The number of hydrogen-bond donors (Lipinski definition) is 2. The van der Waals surface area contributed by atoms with Crippen LogP contribution in [-0.4, -0.2) is 17.0 Å². The molecule has 0 amide bonds. The Morgan fingerprint density at radius 3 is 2.62 bits per heavy atom. The van der Waals surface area contributed by atoms with Crippen LogP contribution in [0.15, 0.2) is 30.3 Å². The van der Waals surface area contributed by atoms with Gasteiger partial charge in [-0.05, 0) is 36.8 Å². The molecule has 2 heterocycles. The molecule has 1 aromatic carbocycles. The number of hydrogen-bond acceptors (Lipinski definition) is 5. The highest BCUT2D eigenvalue weighted by molar-refractivity contribution is 7.18. The van der Waals surface area contributed by atoms with Crippen LogP contribution >= 0.6 is 11.3 Å². The number of aryl methyl sites for hydroxylation is 1. The van der Waals surface area contributed by atoms with Crippen molar-refractivity contribution in [3.8, 4) is 0 Å². The van der Waals surface area contributed by atoms with E-state index in [1.54, 1.807) is 30.5 Å². The second-order valence-corrected chi connectivity index (χ2v) is 5.68. The van der Waals surface area contributed by atoms with Gasteiger partial charge in [-0.3, -0.25) is 0 Å². The summed E-state index contributed by atoms with van der Waals surface area (Å²) in [5.74, 6) is 1.04. The summed E-state index contributed by atoms with van der Waals surface area (Å²) in [6.45, 7) is 2.12. The maximum atomic E-state index is 13.0. The third-order valence-corrected chi connectivity index (χ3v) is 4.30. The number of aromatic nitrogens is 2.